The molecule has 144 valence electrons. The zero-order valence-electron chi connectivity index (χ0n) is 15.5. The molecule has 3 rings (SSSR count). The number of carbonyl (C=O) groups is 1. The van der Waals surface area contributed by atoms with Crippen LogP contribution in [0.15, 0.2) is 41.6 Å². The molecule has 1 aromatic heterocycles. The van der Waals surface area contributed by atoms with Gasteiger partial charge in [0.2, 0.25) is 11.1 Å². The summed E-state index contributed by atoms with van der Waals surface area (Å²) in [6.07, 6.45) is 0. The molecule has 10 heteroatoms. The smallest absolute Gasteiger partial charge is 0.292 e. The van der Waals surface area contributed by atoms with Crippen LogP contribution < -0.4 is 5.32 Å². The Hall–Kier alpha value is -3.27. The van der Waals surface area contributed by atoms with E-state index in [0.29, 0.717) is 5.16 Å². The van der Waals surface area contributed by atoms with Crippen LogP contribution in [0, 0.1) is 30.9 Å². The molecule has 2 aromatic carbocycles. The summed E-state index contributed by atoms with van der Waals surface area (Å²) in [6.45, 7) is 5.98. The van der Waals surface area contributed by atoms with E-state index in [4.69, 9.17) is 0 Å². The minimum Gasteiger partial charge on any atom is -0.320 e. The predicted molar refractivity (Wildman–Crippen MR) is 106 cm³/mol. The number of amides is 1. The molecule has 0 bridgehead atoms. The van der Waals surface area contributed by atoms with E-state index in [1.807, 2.05) is 32.9 Å². The largest absolute Gasteiger partial charge is 0.320 e. The van der Waals surface area contributed by atoms with Gasteiger partial charge in [0.15, 0.2) is 0 Å². The maximum Gasteiger partial charge on any atom is 0.292 e. The van der Waals surface area contributed by atoms with Gasteiger partial charge >= 0.3 is 0 Å². The number of para-hydroxylation sites is 2. The number of anilines is 1. The van der Waals surface area contributed by atoms with E-state index in [1.165, 1.54) is 12.1 Å². The summed E-state index contributed by atoms with van der Waals surface area (Å²) in [7, 11) is 0. The standard InChI is InChI=1S/C18H18N6O3S/c1-11-8-12(2)17(13(3)9-11)23-18(20-21-22-23)28-10-16(25)19-14-6-4-5-7-15(14)24(26)27/h4-9H,10H2,1-3H3,(H,19,25). The number of carbonyl (C=O) groups excluding carboxylic acids is 1. The van der Waals surface area contributed by atoms with E-state index in [0.717, 1.165) is 34.1 Å². The van der Waals surface area contributed by atoms with Gasteiger partial charge in [-0.1, -0.05) is 41.6 Å². The average molecular weight is 398 g/mol. The topological polar surface area (TPSA) is 116 Å². The van der Waals surface area contributed by atoms with Crippen LogP contribution in [0.2, 0.25) is 0 Å². The van der Waals surface area contributed by atoms with Crippen molar-refractivity contribution in [3.05, 3.63) is 63.2 Å². The number of aryl methyl sites for hydroxylation is 3. The quantitative estimate of drug-likeness (QED) is 0.385. The molecule has 9 nitrogen and oxygen atoms in total. The molecule has 0 atom stereocenters. The van der Waals surface area contributed by atoms with E-state index in [9.17, 15) is 14.9 Å². The molecule has 0 aliphatic heterocycles. The summed E-state index contributed by atoms with van der Waals surface area (Å²) in [4.78, 5) is 22.8. The van der Waals surface area contributed by atoms with E-state index in [-0.39, 0.29) is 23.0 Å². The van der Waals surface area contributed by atoms with Crippen LogP contribution in [0.4, 0.5) is 11.4 Å². The van der Waals surface area contributed by atoms with Gasteiger partial charge in [-0.15, -0.1) is 5.10 Å². The summed E-state index contributed by atoms with van der Waals surface area (Å²) in [5.74, 6) is -0.373. The van der Waals surface area contributed by atoms with Crippen LogP contribution in [0.5, 0.6) is 0 Å². The lowest BCUT2D eigenvalue weighted by molar-refractivity contribution is -0.383. The fourth-order valence-corrected chi connectivity index (χ4v) is 3.65. The lowest BCUT2D eigenvalue weighted by Gasteiger charge is -2.12. The minimum absolute atomic E-state index is 0.0103. The van der Waals surface area contributed by atoms with E-state index >= 15 is 0 Å². The number of nitrogens with zero attached hydrogens (tertiary/aromatic N) is 5. The van der Waals surface area contributed by atoms with Gasteiger partial charge in [-0.3, -0.25) is 14.9 Å². The lowest BCUT2D eigenvalue weighted by Crippen LogP contribution is -2.15. The van der Waals surface area contributed by atoms with Crippen molar-refractivity contribution in [3.63, 3.8) is 0 Å². The van der Waals surface area contributed by atoms with Crippen molar-refractivity contribution in [2.45, 2.75) is 25.9 Å². The first-order chi connectivity index (χ1) is 13.4. The highest BCUT2D eigenvalue weighted by Crippen LogP contribution is 2.26. The van der Waals surface area contributed by atoms with E-state index < -0.39 is 4.92 Å². The van der Waals surface area contributed by atoms with Gasteiger partial charge in [0.05, 0.1) is 16.4 Å². The van der Waals surface area contributed by atoms with Crippen molar-refractivity contribution in [1.29, 1.82) is 0 Å². The molecule has 0 fully saturated rings. The molecule has 3 aromatic rings. The highest BCUT2D eigenvalue weighted by atomic mass is 32.2. The Kier molecular flexibility index (Phi) is 5.69. The second-order valence-electron chi connectivity index (χ2n) is 6.23. The number of aromatic nitrogens is 4. The van der Waals surface area contributed by atoms with Gasteiger partial charge in [-0.2, -0.15) is 4.68 Å². The van der Waals surface area contributed by atoms with Gasteiger partial charge in [0, 0.05) is 6.07 Å². The minimum atomic E-state index is -0.535. The average Bonchev–Trinajstić information content (AvgIpc) is 3.07. The first kappa shape index (κ1) is 19.5. The number of thioether (sulfide) groups is 1. The molecule has 1 amide bonds. The number of rotatable bonds is 6. The number of nitro groups is 1. The molecule has 0 saturated heterocycles. The van der Waals surface area contributed by atoms with Gasteiger partial charge < -0.3 is 5.32 Å². The summed E-state index contributed by atoms with van der Waals surface area (Å²) < 4.78 is 1.60. The Bertz CT molecular complexity index is 1030. The van der Waals surface area contributed by atoms with Crippen molar-refractivity contribution >= 4 is 29.0 Å². The Morgan fingerprint density at radius 1 is 1.21 bits per heavy atom. The van der Waals surface area contributed by atoms with Crippen molar-refractivity contribution in [1.82, 2.24) is 20.2 Å². The third kappa shape index (κ3) is 4.17. The normalized spacial score (nSPS) is 10.7. The molecule has 28 heavy (non-hydrogen) atoms. The van der Waals surface area contributed by atoms with E-state index in [2.05, 4.69) is 20.8 Å². The molecule has 1 heterocycles. The number of tetrazole rings is 1. The molecule has 0 aliphatic rings. The van der Waals surface area contributed by atoms with Crippen molar-refractivity contribution in [2.24, 2.45) is 0 Å². The molecule has 0 unspecified atom stereocenters. The third-order valence-corrected chi connectivity index (χ3v) is 4.91. The molecule has 0 spiro atoms. The summed E-state index contributed by atoms with van der Waals surface area (Å²) in [5.41, 5.74) is 4.06. The maximum atomic E-state index is 12.3. The van der Waals surface area contributed by atoms with Crippen molar-refractivity contribution < 1.29 is 9.72 Å². The zero-order chi connectivity index (χ0) is 20.3. The first-order valence-corrected chi connectivity index (χ1v) is 9.38. The fourth-order valence-electron chi connectivity index (χ4n) is 2.97. The number of hydrogen-bond donors (Lipinski definition) is 1. The third-order valence-electron chi connectivity index (χ3n) is 4.00. The zero-order valence-corrected chi connectivity index (χ0v) is 16.4. The van der Waals surface area contributed by atoms with Gasteiger partial charge in [0.25, 0.3) is 5.69 Å². The van der Waals surface area contributed by atoms with Gasteiger partial charge in [0.1, 0.15) is 5.69 Å². The van der Waals surface area contributed by atoms with Crippen molar-refractivity contribution in [2.75, 3.05) is 11.1 Å². The molecular formula is C18H18N6O3S. The molecule has 0 saturated carbocycles. The van der Waals surface area contributed by atoms with Crippen LogP contribution in [0.1, 0.15) is 16.7 Å². The van der Waals surface area contributed by atoms with Gasteiger partial charge in [-0.05, 0) is 48.4 Å². The van der Waals surface area contributed by atoms with E-state index in [1.54, 1.807) is 16.8 Å². The monoisotopic (exact) mass is 398 g/mol. The first-order valence-electron chi connectivity index (χ1n) is 8.39. The molecular weight excluding hydrogens is 380 g/mol. The highest BCUT2D eigenvalue weighted by molar-refractivity contribution is 7.99. The lowest BCUT2D eigenvalue weighted by atomic mass is 10.1. The summed E-state index contributed by atoms with van der Waals surface area (Å²) in [5, 5.41) is 25.9. The van der Waals surface area contributed by atoms with Crippen LogP contribution in [0.25, 0.3) is 5.69 Å². The van der Waals surface area contributed by atoms with Crippen molar-refractivity contribution in [3.8, 4) is 5.69 Å². The summed E-state index contributed by atoms with van der Waals surface area (Å²) in [6, 6.07) is 10.1. The van der Waals surface area contributed by atoms with Crippen LogP contribution in [0.3, 0.4) is 0 Å². The Balaban J connectivity index is 1.75. The van der Waals surface area contributed by atoms with Crippen LogP contribution in [-0.2, 0) is 4.79 Å². The highest BCUT2D eigenvalue weighted by Gasteiger charge is 2.18. The molecule has 0 aliphatic carbocycles. The number of benzene rings is 2. The van der Waals surface area contributed by atoms with Gasteiger partial charge in [-0.25, -0.2) is 0 Å². The number of hydrogen-bond acceptors (Lipinski definition) is 7. The second kappa shape index (κ2) is 8.17. The molecule has 1 N–H and O–H groups in total. The predicted octanol–water partition coefficient (Wildman–Crippen LogP) is 3.23. The Morgan fingerprint density at radius 3 is 2.57 bits per heavy atom. The fraction of sp³-hybridized carbons (Fsp3) is 0.222. The number of nitrogens with one attached hydrogen (secondary N) is 1. The number of nitro benzene ring substituents is 1. The SMILES string of the molecule is Cc1cc(C)c(-n2nnnc2SCC(=O)Nc2ccccc2[N+](=O)[O-])c(C)c1. The molecule has 0 radical (unpaired) electrons. The Morgan fingerprint density at radius 2 is 1.89 bits per heavy atom. The van der Waals surface area contributed by atoms with Crippen LogP contribution in [-0.4, -0.2) is 36.8 Å². The van der Waals surface area contributed by atoms with Crippen LogP contribution >= 0.6 is 11.8 Å². The Labute approximate surface area is 165 Å². The summed E-state index contributed by atoms with van der Waals surface area (Å²) >= 11 is 1.16. The maximum absolute atomic E-state index is 12.3. The second-order valence-corrected chi connectivity index (χ2v) is 7.17.